The summed E-state index contributed by atoms with van der Waals surface area (Å²) in [7, 11) is 0. The van der Waals surface area contributed by atoms with E-state index in [9.17, 15) is 4.39 Å². The molecule has 4 heterocycles. The molecule has 0 aliphatic carbocycles. The van der Waals surface area contributed by atoms with Gasteiger partial charge in [0.15, 0.2) is 5.82 Å². The van der Waals surface area contributed by atoms with E-state index in [1.165, 1.54) is 18.5 Å². The molecule has 1 aliphatic rings. The zero-order valence-electron chi connectivity index (χ0n) is 15.4. The van der Waals surface area contributed by atoms with Gasteiger partial charge in [-0.3, -0.25) is 5.10 Å². The number of halogens is 1. The number of hydrogen-bond donors (Lipinski definition) is 2. The van der Waals surface area contributed by atoms with E-state index in [2.05, 4.69) is 35.4 Å². The van der Waals surface area contributed by atoms with Gasteiger partial charge in [0, 0.05) is 12.6 Å². The Bertz CT molecular complexity index is 1090. The van der Waals surface area contributed by atoms with E-state index in [1.54, 1.807) is 11.3 Å². The maximum atomic E-state index is 13.3. The first-order chi connectivity index (χ1) is 14.3. The summed E-state index contributed by atoms with van der Waals surface area (Å²) in [6.07, 6.45) is 3.50. The van der Waals surface area contributed by atoms with Gasteiger partial charge in [0.1, 0.15) is 12.1 Å². The maximum Gasteiger partial charge on any atom is 0.233 e. The number of aromatic nitrogens is 5. The first kappa shape index (κ1) is 17.7. The molecule has 4 aromatic rings. The molecule has 146 valence electrons. The molecule has 1 aliphatic heterocycles. The van der Waals surface area contributed by atoms with Gasteiger partial charge in [-0.1, -0.05) is 18.2 Å². The number of benzene rings is 1. The Balaban J connectivity index is 1.36. The van der Waals surface area contributed by atoms with Crippen molar-refractivity contribution in [2.24, 2.45) is 0 Å². The van der Waals surface area contributed by atoms with Gasteiger partial charge in [0.25, 0.3) is 0 Å². The smallest absolute Gasteiger partial charge is 0.233 e. The fraction of sp³-hybridized carbons (Fsp3) is 0.200. The number of hydrogen-bond acceptors (Lipinski definition) is 7. The zero-order chi connectivity index (χ0) is 19.6. The van der Waals surface area contributed by atoms with E-state index in [4.69, 9.17) is 0 Å². The molecule has 5 rings (SSSR count). The summed E-state index contributed by atoms with van der Waals surface area (Å²) in [6.45, 7) is 0.844. The first-order valence-corrected chi connectivity index (χ1v) is 10.2. The minimum absolute atomic E-state index is 0.127. The second kappa shape index (κ2) is 7.59. The van der Waals surface area contributed by atoms with E-state index in [1.807, 2.05) is 35.7 Å². The number of anilines is 3. The number of H-pyrrole nitrogens is 1. The molecule has 1 saturated heterocycles. The topological polar surface area (TPSA) is 82.6 Å². The molecule has 9 heteroatoms. The highest BCUT2D eigenvalue weighted by molar-refractivity contribution is 7.13. The van der Waals surface area contributed by atoms with Gasteiger partial charge in [-0.25, -0.2) is 14.4 Å². The fourth-order valence-electron chi connectivity index (χ4n) is 3.58. The van der Waals surface area contributed by atoms with Crippen molar-refractivity contribution in [3.05, 3.63) is 65.6 Å². The molecule has 0 amide bonds. The lowest BCUT2D eigenvalue weighted by Crippen LogP contribution is -2.25. The van der Waals surface area contributed by atoms with Gasteiger partial charge < -0.3 is 10.2 Å². The highest BCUT2D eigenvalue weighted by Crippen LogP contribution is 2.34. The molecule has 0 spiro atoms. The molecule has 7 nitrogen and oxygen atoms in total. The van der Waals surface area contributed by atoms with Crippen LogP contribution in [-0.2, 0) is 0 Å². The zero-order valence-corrected chi connectivity index (χ0v) is 16.2. The van der Waals surface area contributed by atoms with Crippen LogP contribution in [0.1, 0.15) is 24.4 Å². The third kappa shape index (κ3) is 3.68. The average Bonchev–Trinajstić information content (AvgIpc) is 3.50. The lowest BCUT2D eigenvalue weighted by atomic mass is 10.0. The van der Waals surface area contributed by atoms with Crippen molar-refractivity contribution >= 4 is 29.1 Å². The second-order valence-electron chi connectivity index (χ2n) is 6.78. The normalized spacial score (nSPS) is 16.3. The standard InChI is InChI=1S/C20H18FN7S/c21-14-7-5-13(6-8-14)16-3-1-9-28(16)20-23-12-22-19(25-20)24-18-11-15(26-27-18)17-4-2-10-29-17/h2,4-8,10-12,16H,1,3,9H2,(H2,22,23,24,25,26,27). The predicted molar refractivity (Wildman–Crippen MR) is 111 cm³/mol. The van der Waals surface area contributed by atoms with Crippen LogP contribution in [0.25, 0.3) is 10.6 Å². The number of thiophene rings is 1. The van der Waals surface area contributed by atoms with Gasteiger partial charge in [-0.15, -0.1) is 11.3 Å². The number of rotatable bonds is 5. The molecule has 29 heavy (non-hydrogen) atoms. The van der Waals surface area contributed by atoms with E-state index >= 15 is 0 Å². The summed E-state index contributed by atoms with van der Waals surface area (Å²) < 4.78 is 13.3. The van der Waals surface area contributed by atoms with E-state index in [-0.39, 0.29) is 11.9 Å². The minimum Gasteiger partial charge on any atom is -0.334 e. The highest BCUT2D eigenvalue weighted by Gasteiger charge is 2.28. The van der Waals surface area contributed by atoms with Crippen molar-refractivity contribution in [3.8, 4) is 10.6 Å². The van der Waals surface area contributed by atoms with Crippen LogP contribution in [0.5, 0.6) is 0 Å². The SMILES string of the molecule is Fc1ccc(C2CCCN2c2ncnc(Nc3cc(-c4cccs4)[nH]n3)n2)cc1. The van der Waals surface area contributed by atoms with Crippen LogP contribution in [0.2, 0.25) is 0 Å². The molecule has 1 unspecified atom stereocenters. The molecule has 1 fully saturated rings. The van der Waals surface area contributed by atoms with Gasteiger partial charge in [-0.2, -0.15) is 10.1 Å². The summed E-state index contributed by atoms with van der Waals surface area (Å²) in [5, 5.41) is 12.5. The molecule has 0 bridgehead atoms. The molecule has 0 radical (unpaired) electrons. The minimum atomic E-state index is -0.231. The number of nitrogens with one attached hydrogen (secondary N) is 2. The predicted octanol–water partition coefficient (Wildman–Crippen LogP) is 4.55. The van der Waals surface area contributed by atoms with Crippen LogP contribution in [0.4, 0.5) is 22.1 Å². The average molecular weight is 407 g/mol. The fourth-order valence-corrected chi connectivity index (χ4v) is 4.27. The lowest BCUT2D eigenvalue weighted by Gasteiger charge is -2.25. The quantitative estimate of drug-likeness (QED) is 0.505. The Morgan fingerprint density at radius 3 is 2.90 bits per heavy atom. The molecule has 1 aromatic carbocycles. The largest absolute Gasteiger partial charge is 0.334 e. The summed E-state index contributed by atoms with van der Waals surface area (Å²) in [6, 6.07) is 12.7. The van der Waals surface area contributed by atoms with Crippen LogP contribution < -0.4 is 10.2 Å². The van der Waals surface area contributed by atoms with Crippen LogP contribution >= 0.6 is 11.3 Å². The van der Waals surface area contributed by atoms with Crippen molar-refractivity contribution < 1.29 is 4.39 Å². The number of nitrogens with zero attached hydrogens (tertiary/aromatic N) is 5. The first-order valence-electron chi connectivity index (χ1n) is 9.34. The van der Waals surface area contributed by atoms with Gasteiger partial charge in [0.05, 0.1) is 16.6 Å². The third-order valence-corrected chi connectivity index (χ3v) is 5.83. The number of aromatic amines is 1. The van der Waals surface area contributed by atoms with Crippen molar-refractivity contribution in [2.75, 3.05) is 16.8 Å². The van der Waals surface area contributed by atoms with Crippen molar-refractivity contribution in [2.45, 2.75) is 18.9 Å². The van der Waals surface area contributed by atoms with E-state index < -0.39 is 0 Å². The van der Waals surface area contributed by atoms with Crippen molar-refractivity contribution in [3.63, 3.8) is 0 Å². The summed E-state index contributed by atoms with van der Waals surface area (Å²) >= 11 is 1.64. The Morgan fingerprint density at radius 1 is 1.17 bits per heavy atom. The second-order valence-corrected chi connectivity index (χ2v) is 7.73. The van der Waals surface area contributed by atoms with E-state index in [0.29, 0.717) is 17.7 Å². The van der Waals surface area contributed by atoms with E-state index in [0.717, 1.165) is 35.5 Å². The van der Waals surface area contributed by atoms with Crippen LogP contribution in [0.15, 0.2) is 54.2 Å². The molecule has 2 N–H and O–H groups in total. The van der Waals surface area contributed by atoms with Crippen LogP contribution in [0, 0.1) is 5.82 Å². The Labute approximate surface area is 170 Å². The molecule has 0 saturated carbocycles. The van der Waals surface area contributed by atoms with Crippen molar-refractivity contribution in [1.29, 1.82) is 0 Å². The third-order valence-electron chi connectivity index (χ3n) is 4.93. The molecular weight excluding hydrogens is 389 g/mol. The van der Waals surface area contributed by atoms with Crippen LogP contribution in [0.3, 0.4) is 0 Å². The Kier molecular flexibility index (Phi) is 4.65. The highest BCUT2D eigenvalue weighted by atomic mass is 32.1. The molecule has 1 atom stereocenters. The van der Waals surface area contributed by atoms with Crippen LogP contribution in [-0.4, -0.2) is 31.7 Å². The summed E-state index contributed by atoms with van der Waals surface area (Å²) in [5.41, 5.74) is 2.00. The molecule has 3 aromatic heterocycles. The summed E-state index contributed by atoms with van der Waals surface area (Å²) in [4.78, 5) is 16.4. The Morgan fingerprint density at radius 2 is 2.07 bits per heavy atom. The monoisotopic (exact) mass is 407 g/mol. The summed E-state index contributed by atoms with van der Waals surface area (Å²) in [5.74, 6) is 1.44. The lowest BCUT2D eigenvalue weighted by molar-refractivity contribution is 0.624. The maximum absolute atomic E-state index is 13.3. The Hall–Kier alpha value is -3.33. The van der Waals surface area contributed by atoms with Gasteiger partial charge >= 0.3 is 0 Å². The van der Waals surface area contributed by atoms with Gasteiger partial charge in [0.2, 0.25) is 11.9 Å². The van der Waals surface area contributed by atoms with Gasteiger partial charge in [-0.05, 0) is 42.0 Å². The van der Waals surface area contributed by atoms with Crippen molar-refractivity contribution in [1.82, 2.24) is 25.1 Å². The molecular formula is C20H18FN7S.